The molecule has 2 aromatic rings. The van der Waals surface area contributed by atoms with Gasteiger partial charge in [0.05, 0.1) is 17.0 Å². The first kappa shape index (κ1) is 12.3. The molecule has 2 N–H and O–H groups in total. The fourth-order valence-corrected chi connectivity index (χ4v) is 2.44. The van der Waals surface area contributed by atoms with E-state index in [4.69, 9.17) is 5.11 Å². The van der Waals surface area contributed by atoms with Crippen molar-refractivity contribution < 1.29 is 19.5 Å². The highest BCUT2D eigenvalue weighted by Crippen LogP contribution is 2.29. The van der Waals surface area contributed by atoms with E-state index in [1.807, 2.05) is 0 Å². The molecule has 0 aliphatic carbocycles. The van der Waals surface area contributed by atoms with Crippen molar-refractivity contribution in [3.63, 3.8) is 0 Å². The van der Waals surface area contributed by atoms with Crippen molar-refractivity contribution in [3.8, 4) is 0 Å². The molecule has 0 aromatic carbocycles. The molecular weight excluding hydrogens is 262 g/mol. The second-order valence-corrected chi connectivity index (χ2v) is 4.65. The first-order valence-electron chi connectivity index (χ1n) is 6.10. The Morgan fingerprint density at radius 2 is 2.25 bits per heavy atom. The zero-order chi connectivity index (χ0) is 14.3. The molecule has 7 heteroatoms. The molecular formula is C13H11N3O4. The molecule has 1 aliphatic heterocycles. The van der Waals surface area contributed by atoms with Crippen LogP contribution in [-0.4, -0.2) is 32.5 Å². The van der Waals surface area contributed by atoms with Crippen molar-refractivity contribution in [1.82, 2.24) is 14.9 Å². The minimum Gasteiger partial charge on any atom is -0.478 e. The summed E-state index contributed by atoms with van der Waals surface area (Å²) in [5.74, 6) is -2.32. The maximum atomic E-state index is 11.9. The molecule has 1 saturated heterocycles. The lowest BCUT2D eigenvalue weighted by Crippen LogP contribution is -2.39. The summed E-state index contributed by atoms with van der Waals surface area (Å²) in [5, 5.41) is 15.4. The van der Waals surface area contributed by atoms with Crippen LogP contribution in [0.4, 0.5) is 0 Å². The molecule has 1 aliphatic rings. The number of carboxylic acid groups (broad SMARTS) is 1. The number of carboxylic acids is 1. The summed E-state index contributed by atoms with van der Waals surface area (Å²) < 4.78 is 1.43. The third-order valence-corrected chi connectivity index (χ3v) is 3.40. The van der Waals surface area contributed by atoms with Gasteiger partial charge in [0.15, 0.2) is 0 Å². The Kier molecular flexibility index (Phi) is 2.74. The average molecular weight is 273 g/mol. The number of rotatable bonds is 2. The van der Waals surface area contributed by atoms with E-state index in [1.165, 1.54) is 23.0 Å². The van der Waals surface area contributed by atoms with Crippen molar-refractivity contribution in [2.24, 2.45) is 0 Å². The van der Waals surface area contributed by atoms with E-state index in [2.05, 4.69) is 10.4 Å². The quantitative estimate of drug-likeness (QED) is 0.778. The van der Waals surface area contributed by atoms with E-state index in [0.29, 0.717) is 17.5 Å². The number of pyridine rings is 1. The second kappa shape index (κ2) is 4.44. The van der Waals surface area contributed by atoms with E-state index < -0.39 is 17.8 Å². The van der Waals surface area contributed by atoms with Crippen molar-refractivity contribution >= 4 is 23.3 Å². The highest BCUT2D eigenvalue weighted by molar-refractivity contribution is 6.02. The van der Waals surface area contributed by atoms with Gasteiger partial charge in [-0.2, -0.15) is 5.10 Å². The molecule has 0 spiro atoms. The van der Waals surface area contributed by atoms with Crippen LogP contribution in [0.1, 0.15) is 34.7 Å². The largest absolute Gasteiger partial charge is 0.478 e. The molecule has 7 nitrogen and oxygen atoms in total. The van der Waals surface area contributed by atoms with Crippen molar-refractivity contribution in [2.45, 2.75) is 18.8 Å². The Morgan fingerprint density at radius 3 is 2.95 bits per heavy atom. The average Bonchev–Trinajstić information content (AvgIpc) is 2.86. The number of carbonyl (C=O) groups excluding carboxylic acids is 2. The number of amides is 2. The fourth-order valence-electron chi connectivity index (χ4n) is 2.44. The van der Waals surface area contributed by atoms with Gasteiger partial charge in [-0.25, -0.2) is 9.31 Å². The van der Waals surface area contributed by atoms with Gasteiger partial charge >= 0.3 is 5.97 Å². The molecule has 0 radical (unpaired) electrons. The van der Waals surface area contributed by atoms with Crippen molar-refractivity contribution in [1.29, 1.82) is 0 Å². The molecule has 3 heterocycles. The number of aromatic carboxylic acids is 1. The van der Waals surface area contributed by atoms with E-state index in [9.17, 15) is 14.4 Å². The number of nitrogens with zero attached hydrogens (tertiary/aromatic N) is 2. The molecule has 2 aromatic heterocycles. The van der Waals surface area contributed by atoms with Gasteiger partial charge < -0.3 is 5.11 Å². The van der Waals surface area contributed by atoms with Crippen molar-refractivity contribution in [3.05, 3.63) is 35.7 Å². The maximum absolute atomic E-state index is 11.9. The predicted octanol–water partition coefficient (Wildman–Crippen LogP) is 0.553. The minimum atomic E-state index is -1.09. The van der Waals surface area contributed by atoms with Crippen molar-refractivity contribution in [2.75, 3.05) is 0 Å². The van der Waals surface area contributed by atoms with Crippen LogP contribution < -0.4 is 5.32 Å². The monoisotopic (exact) mass is 273 g/mol. The molecule has 0 bridgehead atoms. The predicted molar refractivity (Wildman–Crippen MR) is 67.3 cm³/mol. The molecule has 1 unspecified atom stereocenters. The number of hydrogen-bond acceptors (Lipinski definition) is 4. The SMILES string of the molecule is O=C1CCC(c2cc(C(=O)O)cn3nccc23)C(=O)N1. The smallest absolute Gasteiger partial charge is 0.337 e. The Bertz CT molecular complexity index is 734. The summed E-state index contributed by atoms with van der Waals surface area (Å²) in [4.78, 5) is 34.3. The molecule has 102 valence electrons. The zero-order valence-corrected chi connectivity index (χ0v) is 10.4. The van der Waals surface area contributed by atoms with Gasteiger partial charge in [0.1, 0.15) is 0 Å². The van der Waals surface area contributed by atoms with Crippen LogP contribution >= 0.6 is 0 Å². The lowest BCUT2D eigenvalue weighted by molar-refractivity contribution is -0.134. The number of hydrogen-bond donors (Lipinski definition) is 2. The standard InChI is InChI=1S/C13H11N3O4/c17-11-2-1-8(12(18)15-11)9-5-7(13(19)20)6-16-10(9)3-4-14-16/h3-6,8H,1-2H2,(H,19,20)(H,15,17,18). The lowest BCUT2D eigenvalue weighted by atomic mass is 9.89. The van der Waals surface area contributed by atoms with E-state index in [-0.39, 0.29) is 17.9 Å². The summed E-state index contributed by atoms with van der Waals surface area (Å²) in [6.45, 7) is 0. The Hall–Kier alpha value is -2.70. The Morgan fingerprint density at radius 1 is 1.45 bits per heavy atom. The number of piperidine rings is 1. The van der Waals surface area contributed by atoms with Gasteiger partial charge in [-0.1, -0.05) is 0 Å². The van der Waals surface area contributed by atoms with E-state index in [1.54, 1.807) is 6.07 Å². The number of fused-ring (bicyclic) bond motifs is 1. The summed E-state index contributed by atoms with van der Waals surface area (Å²) in [6, 6.07) is 3.18. The lowest BCUT2D eigenvalue weighted by Gasteiger charge is -2.22. The van der Waals surface area contributed by atoms with Gasteiger partial charge in [0, 0.05) is 18.8 Å². The summed E-state index contributed by atoms with van der Waals surface area (Å²) in [5.41, 5.74) is 1.30. The minimum absolute atomic E-state index is 0.0564. The van der Waals surface area contributed by atoms with Crippen LogP contribution in [0, 0.1) is 0 Å². The van der Waals surface area contributed by atoms with Crippen LogP contribution in [0.15, 0.2) is 24.5 Å². The highest BCUT2D eigenvalue weighted by atomic mass is 16.4. The number of imide groups is 1. The Labute approximate surface area is 113 Å². The normalized spacial score (nSPS) is 19.1. The van der Waals surface area contributed by atoms with Crippen LogP contribution in [0.3, 0.4) is 0 Å². The Balaban J connectivity index is 2.14. The zero-order valence-electron chi connectivity index (χ0n) is 10.4. The first-order chi connectivity index (χ1) is 9.56. The van der Waals surface area contributed by atoms with Crippen LogP contribution in [0.5, 0.6) is 0 Å². The fraction of sp³-hybridized carbons (Fsp3) is 0.231. The molecule has 1 fully saturated rings. The molecule has 0 saturated carbocycles. The topological polar surface area (TPSA) is 101 Å². The third kappa shape index (κ3) is 1.93. The van der Waals surface area contributed by atoms with E-state index >= 15 is 0 Å². The van der Waals surface area contributed by atoms with Crippen LogP contribution in [-0.2, 0) is 9.59 Å². The van der Waals surface area contributed by atoms with Crippen LogP contribution in [0.2, 0.25) is 0 Å². The van der Waals surface area contributed by atoms with Gasteiger partial charge in [-0.05, 0) is 24.1 Å². The van der Waals surface area contributed by atoms with Gasteiger partial charge in [0.2, 0.25) is 11.8 Å². The molecule has 20 heavy (non-hydrogen) atoms. The molecule has 1 atom stereocenters. The summed E-state index contributed by atoms with van der Waals surface area (Å²) in [7, 11) is 0. The second-order valence-electron chi connectivity index (χ2n) is 4.65. The summed E-state index contributed by atoms with van der Waals surface area (Å²) in [6.07, 6.45) is 3.55. The van der Waals surface area contributed by atoms with Crippen LogP contribution in [0.25, 0.3) is 5.52 Å². The van der Waals surface area contributed by atoms with Gasteiger partial charge in [-0.15, -0.1) is 0 Å². The number of aromatic nitrogens is 2. The molecule has 2 amide bonds. The third-order valence-electron chi connectivity index (χ3n) is 3.40. The number of carbonyl (C=O) groups is 3. The van der Waals surface area contributed by atoms with Gasteiger partial charge in [-0.3, -0.25) is 14.9 Å². The highest BCUT2D eigenvalue weighted by Gasteiger charge is 2.30. The number of nitrogens with one attached hydrogen (secondary N) is 1. The summed E-state index contributed by atoms with van der Waals surface area (Å²) >= 11 is 0. The molecule has 3 rings (SSSR count). The van der Waals surface area contributed by atoms with Gasteiger partial charge in [0.25, 0.3) is 0 Å². The maximum Gasteiger partial charge on any atom is 0.337 e. The van der Waals surface area contributed by atoms with E-state index in [0.717, 1.165) is 0 Å². The first-order valence-corrected chi connectivity index (χ1v) is 6.10.